The molecule has 20 heavy (non-hydrogen) atoms. The van der Waals surface area contributed by atoms with Gasteiger partial charge in [-0.05, 0) is 45.7 Å². The molecule has 2 rings (SSSR count). The van der Waals surface area contributed by atoms with Gasteiger partial charge in [0.15, 0.2) is 0 Å². The molecule has 1 fully saturated rings. The van der Waals surface area contributed by atoms with Crippen LogP contribution in [-0.2, 0) is 0 Å². The van der Waals surface area contributed by atoms with Crippen LogP contribution in [0.25, 0.3) is 0 Å². The first-order valence-corrected chi connectivity index (χ1v) is 7.56. The second-order valence-corrected chi connectivity index (χ2v) is 7.61. The first kappa shape index (κ1) is 15.3. The van der Waals surface area contributed by atoms with Gasteiger partial charge >= 0.3 is 0 Å². The van der Waals surface area contributed by atoms with Gasteiger partial charge in [0.05, 0.1) is 4.92 Å². The smallest absolute Gasteiger partial charge is 0.273 e. The van der Waals surface area contributed by atoms with E-state index in [9.17, 15) is 10.1 Å². The van der Waals surface area contributed by atoms with E-state index in [4.69, 9.17) is 0 Å². The number of nitro benzene ring substituents is 1. The molecule has 0 amide bonds. The highest BCUT2D eigenvalue weighted by atomic mass is 79.9. The van der Waals surface area contributed by atoms with Gasteiger partial charge in [-0.15, -0.1) is 0 Å². The summed E-state index contributed by atoms with van der Waals surface area (Å²) >= 11 is 3.41. The number of hydrogen-bond donors (Lipinski definition) is 1. The molecule has 5 heteroatoms. The fourth-order valence-electron chi connectivity index (χ4n) is 3.06. The van der Waals surface area contributed by atoms with Crippen LogP contribution in [0.1, 0.15) is 33.3 Å². The molecule has 0 aromatic heterocycles. The molecule has 1 aliphatic carbocycles. The zero-order valence-corrected chi connectivity index (χ0v) is 14.2. The molecule has 0 radical (unpaired) electrons. The average Bonchev–Trinajstić information content (AvgIpc) is 2.70. The normalized spacial score (nSPS) is 19.7. The number of nitrogens with one attached hydrogen (secondary N) is 1. The Hall–Kier alpha value is -1.10. The maximum atomic E-state index is 10.9. The van der Waals surface area contributed by atoms with Gasteiger partial charge in [0.2, 0.25) is 0 Å². The summed E-state index contributed by atoms with van der Waals surface area (Å²) < 4.78 is 0.742. The Morgan fingerprint density at radius 1 is 1.30 bits per heavy atom. The number of anilines is 1. The van der Waals surface area contributed by atoms with Crippen molar-refractivity contribution in [3.05, 3.63) is 32.3 Å². The van der Waals surface area contributed by atoms with E-state index in [1.54, 1.807) is 13.0 Å². The van der Waals surface area contributed by atoms with Crippen LogP contribution in [0.15, 0.2) is 16.6 Å². The number of halogens is 1. The Balaban J connectivity index is 2.12. The van der Waals surface area contributed by atoms with Gasteiger partial charge in [-0.25, -0.2) is 0 Å². The number of nitrogens with zero attached hydrogens (tertiary/aromatic N) is 1. The molecule has 1 aromatic carbocycles. The van der Waals surface area contributed by atoms with Crippen molar-refractivity contribution in [3.8, 4) is 0 Å². The summed E-state index contributed by atoms with van der Waals surface area (Å²) in [6.45, 7) is 11.8. The molecule has 0 unspecified atom stereocenters. The highest BCUT2D eigenvalue weighted by molar-refractivity contribution is 9.10. The van der Waals surface area contributed by atoms with Gasteiger partial charge in [0.25, 0.3) is 5.69 Å². The molecule has 1 N–H and O–H groups in total. The molecule has 4 nitrogen and oxygen atoms in total. The average molecular weight is 341 g/mol. The third-order valence-electron chi connectivity index (χ3n) is 5.30. The summed E-state index contributed by atoms with van der Waals surface area (Å²) in [7, 11) is 0. The standard InChI is InChI=1S/C15H21BrN2O2/c1-9-6-11(10(16)7-12(9)18(19)20)17-8-13-14(2,3)15(13,4)5/h6-7,13,17H,8H2,1-5H3. The molecule has 0 aliphatic heterocycles. The second-order valence-electron chi connectivity index (χ2n) is 6.75. The summed E-state index contributed by atoms with van der Waals surface area (Å²) in [6.07, 6.45) is 0. The minimum atomic E-state index is -0.350. The molecule has 0 saturated heterocycles. The van der Waals surface area contributed by atoms with Crippen molar-refractivity contribution < 1.29 is 4.92 Å². The van der Waals surface area contributed by atoms with Crippen LogP contribution in [0.3, 0.4) is 0 Å². The van der Waals surface area contributed by atoms with E-state index in [1.807, 2.05) is 6.07 Å². The third kappa shape index (κ3) is 2.32. The van der Waals surface area contributed by atoms with E-state index in [2.05, 4.69) is 48.9 Å². The highest BCUT2D eigenvalue weighted by Gasteiger charge is 2.64. The van der Waals surface area contributed by atoms with Gasteiger partial charge in [0, 0.05) is 28.3 Å². The molecule has 0 bridgehead atoms. The second kappa shape index (κ2) is 4.72. The van der Waals surface area contributed by atoms with E-state index >= 15 is 0 Å². The van der Waals surface area contributed by atoms with Crippen LogP contribution in [0.4, 0.5) is 11.4 Å². The summed E-state index contributed by atoms with van der Waals surface area (Å²) in [6, 6.07) is 3.41. The molecular weight excluding hydrogens is 320 g/mol. The molecule has 110 valence electrons. The van der Waals surface area contributed by atoms with E-state index < -0.39 is 0 Å². The summed E-state index contributed by atoms with van der Waals surface area (Å²) in [5.41, 5.74) is 2.42. The van der Waals surface area contributed by atoms with Crippen molar-refractivity contribution in [2.24, 2.45) is 16.7 Å². The minimum Gasteiger partial charge on any atom is -0.384 e. The Kier molecular flexibility index (Phi) is 3.61. The largest absolute Gasteiger partial charge is 0.384 e. The van der Waals surface area contributed by atoms with Crippen molar-refractivity contribution in [1.82, 2.24) is 0 Å². The lowest BCUT2D eigenvalue weighted by molar-refractivity contribution is -0.385. The van der Waals surface area contributed by atoms with Gasteiger partial charge in [0.1, 0.15) is 0 Å². The molecule has 1 aliphatic rings. The topological polar surface area (TPSA) is 55.2 Å². The molecule has 0 spiro atoms. The van der Waals surface area contributed by atoms with E-state index in [1.165, 1.54) is 0 Å². The quantitative estimate of drug-likeness (QED) is 0.634. The lowest BCUT2D eigenvalue weighted by Crippen LogP contribution is -2.09. The van der Waals surface area contributed by atoms with Crippen LogP contribution >= 0.6 is 15.9 Å². The first-order valence-electron chi connectivity index (χ1n) is 6.77. The summed E-state index contributed by atoms with van der Waals surface area (Å²) in [4.78, 5) is 10.5. The molecule has 1 saturated carbocycles. The highest BCUT2D eigenvalue weighted by Crippen LogP contribution is 2.68. The number of rotatable bonds is 4. The lowest BCUT2D eigenvalue weighted by Gasteiger charge is -2.11. The number of hydrogen-bond acceptors (Lipinski definition) is 3. The van der Waals surface area contributed by atoms with Crippen LogP contribution in [0.2, 0.25) is 0 Å². The number of nitro groups is 1. The third-order valence-corrected chi connectivity index (χ3v) is 5.95. The van der Waals surface area contributed by atoms with Gasteiger partial charge in [-0.1, -0.05) is 27.7 Å². The van der Waals surface area contributed by atoms with Crippen molar-refractivity contribution in [2.75, 3.05) is 11.9 Å². The maximum Gasteiger partial charge on any atom is 0.273 e. The Bertz CT molecular complexity index is 553. The zero-order chi connectivity index (χ0) is 15.3. The molecule has 0 atom stereocenters. The van der Waals surface area contributed by atoms with Crippen LogP contribution < -0.4 is 5.32 Å². The predicted molar refractivity (Wildman–Crippen MR) is 85.1 cm³/mol. The fourth-order valence-corrected chi connectivity index (χ4v) is 3.53. The van der Waals surface area contributed by atoms with Crippen molar-refractivity contribution in [1.29, 1.82) is 0 Å². The Labute approximate surface area is 128 Å². The Morgan fingerprint density at radius 3 is 2.30 bits per heavy atom. The first-order chi connectivity index (χ1) is 9.09. The van der Waals surface area contributed by atoms with Crippen molar-refractivity contribution in [3.63, 3.8) is 0 Å². The minimum absolute atomic E-state index is 0.148. The van der Waals surface area contributed by atoms with Gasteiger partial charge < -0.3 is 5.32 Å². The van der Waals surface area contributed by atoms with Crippen molar-refractivity contribution in [2.45, 2.75) is 34.6 Å². The number of benzene rings is 1. The van der Waals surface area contributed by atoms with Gasteiger partial charge in [-0.2, -0.15) is 0 Å². The molecular formula is C15H21BrN2O2. The zero-order valence-electron chi connectivity index (χ0n) is 12.6. The van der Waals surface area contributed by atoms with Crippen LogP contribution in [0.5, 0.6) is 0 Å². The number of aryl methyl sites for hydroxylation is 1. The predicted octanol–water partition coefficient (Wildman–Crippen LogP) is 4.76. The molecule has 1 aromatic rings. The van der Waals surface area contributed by atoms with E-state index in [0.29, 0.717) is 22.3 Å². The van der Waals surface area contributed by atoms with Crippen LogP contribution in [0, 0.1) is 33.8 Å². The van der Waals surface area contributed by atoms with Gasteiger partial charge in [-0.3, -0.25) is 10.1 Å². The maximum absolute atomic E-state index is 10.9. The molecule has 0 heterocycles. The fraction of sp³-hybridized carbons (Fsp3) is 0.600. The van der Waals surface area contributed by atoms with E-state index in [0.717, 1.165) is 16.7 Å². The van der Waals surface area contributed by atoms with Crippen molar-refractivity contribution >= 4 is 27.3 Å². The SMILES string of the molecule is Cc1cc(NCC2C(C)(C)C2(C)C)c(Br)cc1[N+](=O)[O-]. The summed E-state index contributed by atoms with van der Waals surface area (Å²) in [5, 5.41) is 14.3. The monoisotopic (exact) mass is 340 g/mol. The van der Waals surface area contributed by atoms with E-state index in [-0.39, 0.29) is 10.6 Å². The Morgan fingerprint density at radius 2 is 1.85 bits per heavy atom. The van der Waals surface area contributed by atoms with Crippen LogP contribution in [-0.4, -0.2) is 11.5 Å². The lowest BCUT2D eigenvalue weighted by atomic mass is 10.0. The summed E-state index contributed by atoms with van der Waals surface area (Å²) in [5.74, 6) is 0.609.